The van der Waals surface area contributed by atoms with Crippen LogP contribution in [0.1, 0.15) is 62.2 Å². The molecule has 0 spiro atoms. The average Bonchev–Trinajstić information content (AvgIpc) is 3.50. The van der Waals surface area contributed by atoms with Gasteiger partial charge in [0.2, 0.25) is 0 Å². The fourth-order valence-corrected chi connectivity index (χ4v) is 5.81. The van der Waals surface area contributed by atoms with Gasteiger partial charge in [0, 0.05) is 18.2 Å². The number of nitrogens with two attached hydrogens (primary N) is 1. The number of primary amides is 1. The molecule has 2 aliphatic rings. The lowest BCUT2D eigenvalue weighted by Gasteiger charge is -2.26. The number of nitrogens with one attached hydrogen (secondary N) is 2. The predicted octanol–water partition coefficient (Wildman–Crippen LogP) is 4.43. The molecule has 1 aliphatic carbocycles. The summed E-state index contributed by atoms with van der Waals surface area (Å²) in [6.07, 6.45) is 11.2. The van der Waals surface area contributed by atoms with Crippen molar-refractivity contribution in [3.63, 3.8) is 0 Å². The molecule has 8 heteroatoms. The predicted molar refractivity (Wildman–Crippen MR) is 160 cm³/mol. The number of amides is 1. The van der Waals surface area contributed by atoms with E-state index in [1.54, 1.807) is 21.3 Å². The Balaban J connectivity index is 1.12. The molecule has 1 aliphatic heterocycles. The molecule has 8 nitrogen and oxygen atoms in total. The molecule has 2 aromatic rings. The van der Waals surface area contributed by atoms with Gasteiger partial charge in [-0.2, -0.15) is 0 Å². The van der Waals surface area contributed by atoms with E-state index in [0.717, 1.165) is 63.1 Å². The highest BCUT2D eigenvalue weighted by Gasteiger charge is 2.35. The lowest BCUT2D eigenvalue weighted by molar-refractivity contribution is -0.572. The maximum Gasteiger partial charge on any atom is 0.314 e. The second-order valence-electron chi connectivity index (χ2n) is 10.9. The normalized spacial score (nSPS) is 21.9. The number of rotatable bonds is 15. The summed E-state index contributed by atoms with van der Waals surface area (Å²) in [5, 5.41) is 14.3. The minimum Gasteiger partial charge on any atom is -0.497 e. The minimum absolute atomic E-state index is 0.131. The molecule has 2 aromatic carbocycles. The molecule has 0 radical (unpaired) electrons. The van der Waals surface area contributed by atoms with Gasteiger partial charge in [-0.3, -0.25) is 5.32 Å². The summed E-state index contributed by atoms with van der Waals surface area (Å²) < 4.78 is 22.2. The Morgan fingerprint density at radius 3 is 2.41 bits per heavy atom. The standard InChI is InChI=1S/C33H45N3O5/c1-38-25-14-11-23(12-15-25)29-18-16-26(41-29)22-35-19-7-4-8-20-36-33(37)28-10-6-5-9-27(28)32(34)24-13-17-30(39-2)31(21-24)40-3/h5-6,11-15,17,21,26-29,34-35H,4,7-10,16,18-20,22H2,1-3H3,(H,36,37)/p+1. The van der Waals surface area contributed by atoms with Crippen LogP contribution in [0.4, 0.5) is 0 Å². The van der Waals surface area contributed by atoms with E-state index in [1.807, 2.05) is 35.6 Å². The first-order chi connectivity index (χ1) is 20.0. The SMILES string of the molecule is COc1ccc(C2CCC(CNCCCCC[NH2+]C(=O)C3CC=CCC3C(=N)c3ccc(OC)c(OC)c3)O2)cc1. The number of hydrogen-bond acceptors (Lipinski definition) is 7. The number of methoxy groups -OCH3 is 3. The Bertz CT molecular complexity index is 1170. The highest BCUT2D eigenvalue weighted by molar-refractivity contribution is 6.02. The van der Waals surface area contributed by atoms with Crippen molar-refractivity contribution in [3.8, 4) is 17.2 Å². The zero-order valence-electron chi connectivity index (χ0n) is 24.7. The van der Waals surface area contributed by atoms with Crippen molar-refractivity contribution < 1.29 is 29.1 Å². The van der Waals surface area contributed by atoms with E-state index in [2.05, 4.69) is 29.6 Å². The Hall–Kier alpha value is -3.20. The fourth-order valence-electron chi connectivity index (χ4n) is 5.81. The molecule has 1 amide bonds. The van der Waals surface area contributed by atoms with Crippen LogP contribution in [0.5, 0.6) is 17.2 Å². The Morgan fingerprint density at radius 1 is 0.927 bits per heavy atom. The van der Waals surface area contributed by atoms with Crippen molar-refractivity contribution in [2.45, 2.75) is 57.2 Å². The van der Waals surface area contributed by atoms with E-state index in [9.17, 15) is 4.79 Å². The van der Waals surface area contributed by atoms with E-state index in [4.69, 9.17) is 24.4 Å². The molecule has 222 valence electrons. The third kappa shape index (κ3) is 8.41. The average molecular weight is 565 g/mol. The van der Waals surface area contributed by atoms with E-state index in [-0.39, 0.29) is 30.0 Å². The van der Waals surface area contributed by atoms with E-state index in [1.165, 1.54) is 5.56 Å². The Morgan fingerprint density at radius 2 is 1.68 bits per heavy atom. The minimum atomic E-state index is -0.185. The molecular formula is C33H46N3O5+. The summed E-state index contributed by atoms with van der Waals surface area (Å²) >= 11 is 0. The zero-order chi connectivity index (χ0) is 29.0. The Labute approximate surface area is 244 Å². The second kappa shape index (κ2) is 15.7. The molecule has 4 rings (SSSR count). The van der Waals surface area contributed by atoms with Crippen LogP contribution in [0.2, 0.25) is 0 Å². The number of benzene rings is 2. The number of quaternary nitrogens is 1. The molecule has 1 saturated heterocycles. The first-order valence-corrected chi connectivity index (χ1v) is 14.9. The summed E-state index contributed by atoms with van der Waals surface area (Å²) in [7, 11) is 4.87. The molecule has 0 saturated carbocycles. The van der Waals surface area contributed by atoms with E-state index in [0.29, 0.717) is 30.1 Å². The first-order valence-electron chi connectivity index (χ1n) is 14.9. The van der Waals surface area contributed by atoms with Gasteiger partial charge < -0.3 is 29.7 Å². The molecule has 1 fully saturated rings. The smallest absolute Gasteiger partial charge is 0.314 e. The number of ether oxygens (including phenoxy) is 4. The van der Waals surface area contributed by atoms with Crippen molar-refractivity contribution in [1.82, 2.24) is 5.32 Å². The zero-order valence-corrected chi connectivity index (χ0v) is 24.7. The van der Waals surface area contributed by atoms with Crippen LogP contribution in [0.15, 0.2) is 54.6 Å². The topological polar surface area (TPSA) is 106 Å². The number of unbranched alkanes of at least 4 members (excludes halogenated alkanes) is 2. The number of carbonyl (C=O) groups is 1. The first kappa shape index (κ1) is 30.8. The summed E-state index contributed by atoms with van der Waals surface area (Å²) in [5.41, 5.74) is 2.47. The Kier molecular flexibility index (Phi) is 11.8. The summed E-state index contributed by atoms with van der Waals surface area (Å²) in [5.74, 6) is 1.94. The maximum atomic E-state index is 13.1. The molecule has 4 N–H and O–H groups in total. The second-order valence-corrected chi connectivity index (χ2v) is 10.9. The van der Waals surface area contributed by atoms with Gasteiger partial charge in [0.15, 0.2) is 11.5 Å². The third-order valence-corrected chi connectivity index (χ3v) is 8.23. The lowest BCUT2D eigenvalue weighted by Crippen LogP contribution is -2.90. The molecule has 1 heterocycles. The highest BCUT2D eigenvalue weighted by atomic mass is 16.5. The van der Waals surface area contributed by atoms with Gasteiger partial charge in [0.1, 0.15) is 5.75 Å². The molecular weight excluding hydrogens is 518 g/mol. The fraction of sp³-hybridized carbons (Fsp3) is 0.515. The van der Waals surface area contributed by atoms with Crippen LogP contribution < -0.4 is 24.8 Å². The van der Waals surface area contributed by atoms with Gasteiger partial charge in [-0.05, 0) is 92.9 Å². The largest absolute Gasteiger partial charge is 0.497 e. The number of hydrogen-bond donors (Lipinski definition) is 3. The molecule has 0 aromatic heterocycles. The monoisotopic (exact) mass is 564 g/mol. The molecule has 4 atom stereocenters. The quantitative estimate of drug-likeness (QED) is 0.168. The van der Waals surface area contributed by atoms with Gasteiger partial charge in [-0.1, -0.05) is 24.3 Å². The third-order valence-electron chi connectivity index (χ3n) is 8.23. The van der Waals surface area contributed by atoms with Gasteiger partial charge >= 0.3 is 5.91 Å². The molecule has 4 unspecified atom stereocenters. The van der Waals surface area contributed by atoms with Gasteiger partial charge in [0.05, 0.1) is 46.0 Å². The van der Waals surface area contributed by atoms with Gasteiger partial charge in [0.25, 0.3) is 0 Å². The van der Waals surface area contributed by atoms with Crippen LogP contribution >= 0.6 is 0 Å². The summed E-state index contributed by atoms with van der Waals surface area (Å²) in [6.45, 7) is 2.61. The van der Waals surface area contributed by atoms with Crippen molar-refractivity contribution in [2.75, 3.05) is 41.0 Å². The molecule has 0 bridgehead atoms. The summed E-state index contributed by atoms with van der Waals surface area (Å²) in [6, 6.07) is 13.7. The number of allylic oxidation sites excluding steroid dienone is 2. The van der Waals surface area contributed by atoms with Crippen molar-refractivity contribution in [2.24, 2.45) is 11.8 Å². The maximum absolute atomic E-state index is 13.1. The van der Waals surface area contributed by atoms with Crippen LogP contribution in [0.25, 0.3) is 0 Å². The van der Waals surface area contributed by atoms with Crippen LogP contribution in [-0.4, -0.2) is 58.7 Å². The van der Waals surface area contributed by atoms with Gasteiger partial charge in [-0.25, -0.2) is 4.79 Å². The lowest BCUT2D eigenvalue weighted by atomic mass is 9.77. The van der Waals surface area contributed by atoms with E-state index < -0.39 is 0 Å². The van der Waals surface area contributed by atoms with Crippen LogP contribution in [0, 0.1) is 17.2 Å². The van der Waals surface area contributed by atoms with E-state index >= 15 is 0 Å². The van der Waals surface area contributed by atoms with Crippen molar-refractivity contribution >= 4 is 11.6 Å². The van der Waals surface area contributed by atoms with Crippen molar-refractivity contribution in [3.05, 3.63) is 65.7 Å². The summed E-state index contributed by atoms with van der Waals surface area (Å²) in [4.78, 5) is 13.1. The van der Waals surface area contributed by atoms with Crippen molar-refractivity contribution in [1.29, 1.82) is 5.41 Å². The van der Waals surface area contributed by atoms with Crippen LogP contribution in [-0.2, 0) is 9.53 Å². The number of carbonyl (C=O) groups excluding carboxylic acids is 1. The van der Waals surface area contributed by atoms with Crippen LogP contribution in [0.3, 0.4) is 0 Å². The molecule has 41 heavy (non-hydrogen) atoms. The highest BCUT2D eigenvalue weighted by Crippen LogP contribution is 2.34. The van der Waals surface area contributed by atoms with Gasteiger partial charge in [-0.15, -0.1) is 0 Å².